The van der Waals surface area contributed by atoms with Gasteiger partial charge in [-0.3, -0.25) is 9.59 Å². The Balaban J connectivity index is 1.36. The van der Waals surface area contributed by atoms with Gasteiger partial charge in [0.05, 0.1) is 17.8 Å². The maximum Gasteiger partial charge on any atom is 0.253 e. The van der Waals surface area contributed by atoms with Crippen LogP contribution in [0, 0.1) is 5.92 Å². The Labute approximate surface area is 182 Å². The maximum absolute atomic E-state index is 12.7. The first-order chi connectivity index (χ1) is 14.6. The molecule has 0 heterocycles. The highest BCUT2D eigenvalue weighted by Crippen LogP contribution is 2.41. The van der Waals surface area contributed by atoms with Crippen LogP contribution in [0.5, 0.6) is 0 Å². The molecule has 2 aliphatic rings. The Morgan fingerprint density at radius 1 is 0.967 bits per heavy atom. The Kier molecular flexibility index (Phi) is 6.70. The molecule has 2 aromatic carbocycles. The zero-order valence-electron chi connectivity index (χ0n) is 17.0. The van der Waals surface area contributed by atoms with Gasteiger partial charge in [-0.2, -0.15) is 0 Å². The Morgan fingerprint density at radius 2 is 1.67 bits per heavy atom. The number of rotatable bonds is 8. The van der Waals surface area contributed by atoms with E-state index in [1.54, 1.807) is 12.1 Å². The van der Waals surface area contributed by atoms with Gasteiger partial charge in [0.15, 0.2) is 0 Å². The average molecular weight is 426 g/mol. The van der Waals surface area contributed by atoms with Crippen LogP contribution in [-0.2, 0) is 4.79 Å². The van der Waals surface area contributed by atoms with Gasteiger partial charge in [-0.15, -0.1) is 0 Å². The van der Waals surface area contributed by atoms with Gasteiger partial charge in [-0.05, 0) is 61.4 Å². The van der Waals surface area contributed by atoms with E-state index in [-0.39, 0.29) is 30.4 Å². The van der Waals surface area contributed by atoms with E-state index >= 15 is 0 Å². The standard InChI is InChI=1S/C24H28ClN3O2/c25-18-13-11-17(12-14-18)23(16-9-10-16)26-15-22(29)28-21-8-4-3-7-20(21)24(30)27-19-5-1-2-6-19/h3-4,7-8,11-14,16,19,23,26H,1-2,5-6,9-10,15H2,(H,27,30)(H,28,29). The summed E-state index contributed by atoms with van der Waals surface area (Å²) >= 11 is 6.01. The normalized spacial score (nSPS) is 17.5. The molecule has 5 nitrogen and oxygen atoms in total. The van der Waals surface area contributed by atoms with Crippen molar-refractivity contribution in [1.29, 1.82) is 0 Å². The van der Waals surface area contributed by atoms with E-state index in [1.165, 1.54) is 0 Å². The number of anilines is 1. The molecule has 0 aromatic heterocycles. The van der Waals surface area contributed by atoms with Crippen molar-refractivity contribution in [2.75, 3.05) is 11.9 Å². The van der Waals surface area contributed by atoms with Crippen LogP contribution >= 0.6 is 11.6 Å². The van der Waals surface area contributed by atoms with Gasteiger partial charge < -0.3 is 16.0 Å². The number of benzene rings is 2. The fraction of sp³-hybridized carbons (Fsp3) is 0.417. The molecule has 2 saturated carbocycles. The molecule has 3 N–H and O–H groups in total. The molecular formula is C24H28ClN3O2. The number of hydrogen-bond acceptors (Lipinski definition) is 3. The molecule has 0 spiro atoms. The third-order valence-electron chi connectivity index (χ3n) is 5.94. The Morgan fingerprint density at radius 3 is 2.37 bits per heavy atom. The van der Waals surface area contributed by atoms with Crippen molar-refractivity contribution in [1.82, 2.24) is 10.6 Å². The number of para-hydroxylation sites is 1. The Bertz CT molecular complexity index is 890. The van der Waals surface area contributed by atoms with Crippen molar-refractivity contribution in [2.45, 2.75) is 50.6 Å². The van der Waals surface area contributed by atoms with E-state index in [2.05, 4.69) is 16.0 Å². The fourth-order valence-corrected chi connectivity index (χ4v) is 4.30. The van der Waals surface area contributed by atoms with Gasteiger partial charge >= 0.3 is 0 Å². The van der Waals surface area contributed by atoms with Crippen LogP contribution in [0.4, 0.5) is 5.69 Å². The van der Waals surface area contributed by atoms with Crippen LogP contribution in [0.3, 0.4) is 0 Å². The van der Waals surface area contributed by atoms with E-state index in [0.29, 0.717) is 22.2 Å². The molecule has 0 aliphatic heterocycles. The Hall–Kier alpha value is -2.37. The first kappa shape index (κ1) is 20.9. The second-order valence-electron chi connectivity index (χ2n) is 8.30. The lowest BCUT2D eigenvalue weighted by Gasteiger charge is -2.19. The second kappa shape index (κ2) is 9.63. The van der Waals surface area contributed by atoms with Crippen LogP contribution in [0.2, 0.25) is 5.02 Å². The van der Waals surface area contributed by atoms with Gasteiger partial charge in [0.1, 0.15) is 0 Å². The summed E-state index contributed by atoms with van der Waals surface area (Å²) < 4.78 is 0. The SMILES string of the molecule is O=C(CNC(c1ccc(Cl)cc1)C1CC1)Nc1ccccc1C(=O)NC1CCCC1. The maximum atomic E-state index is 12.7. The van der Waals surface area contributed by atoms with Crippen molar-refractivity contribution >= 4 is 29.1 Å². The predicted octanol–water partition coefficient (Wildman–Crippen LogP) is 4.69. The molecule has 0 bridgehead atoms. The second-order valence-corrected chi connectivity index (χ2v) is 8.73. The van der Waals surface area contributed by atoms with Gasteiger partial charge in [-0.1, -0.05) is 48.7 Å². The first-order valence-electron chi connectivity index (χ1n) is 10.8. The van der Waals surface area contributed by atoms with Crippen molar-refractivity contribution in [2.24, 2.45) is 5.92 Å². The minimum Gasteiger partial charge on any atom is -0.349 e. The number of carbonyl (C=O) groups is 2. The summed E-state index contributed by atoms with van der Waals surface area (Å²) in [5.74, 6) is 0.266. The van der Waals surface area contributed by atoms with Crippen LogP contribution in [0.15, 0.2) is 48.5 Å². The highest BCUT2D eigenvalue weighted by atomic mass is 35.5. The monoisotopic (exact) mass is 425 g/mol. The van der Waals surface area contributed by atoms with E-state index < -0.39 is 0 Å². The topological polar surface area (TPSA) is 70.2 Å². The summed E-state index contributed by atoms with van der Waals surface area (Å²) in [5, 5.41) is 10.1. The average Bonchev–Trinajstić information content (AvgIpc) is 3.45. The van der Waals surface area contributed by atoms with Crippen molar-refractivity contribution in [3.05, 3.63) is 64.7 Å². The molecule has 0 radical (unpaired) electrons. The van der Waals surface area contributed by atoms with Crippen LogP contribution < -0.4 is 16.0 Å². The third-order valence-corrected chi connectivity index (χ3v) is 6.19. The molecule has 4 rings (SSSR count). The van der Waals surface area contributed by atoms with Crippen molar-refractivity contribution in [3.63, 3.8) is 0 Å². The number of halogens is 1. The van der Waals surface area contributed by atoms with E-state index in [4.69, 9.17) is 11.6 Å². The van der Waals surface area contributed by atoms with Crippen LogP contribution in [0.1, 0.15) is 60.5 Å². The summed E-state index contributed by atoms with van der Waals surface area (Å²) in [4.78, 5) is 25.3. The van der Waals surface area contributed by atoms with Gasteiger partial charge in [0.2, 0.25) is 5.91 Å². The largest absolute Gasteiger partial charge is 0.349 e. The van der Waals surface area contributed by atoms with Gasteiger partial charge in [-0.25, -0.2) is 0 Å². The number of amides is 2. The molecule has 6 heteroatoms. The molecule has 2 aromatic rings. The van der Waals surface area contributed by atoms with E-state index in [1.807, 2.05) is 36.4 Å². The third kappa shape index (κ3) is 5.41. The molecule has 2 amide bonds. The summed E-state index contributed by atoms with van der Waals surface area (Å²) in [5.41, 5.74) is 2.20. The number of carbonyl (C=O) groups excluding carboxylic acids is 2. The van der Waals surface area contributed by atoms with E-state index in [9.17, 15) is 9.59 Å². The smallest absolute Gasteiger partial charge is 0.253 e. The quantitative estimate of drug-likeness (QED) is 0.574. The highest BCUT2D eigenvalue weighted by molar-refractivity contribution is 6.30. The summed E-state index contributed by atoms with van der Waals surface area (Å²) in [6.45, 7) is 0.183. The van der Waals surface area contributed by atoms with Crippen LogP contribution in [-0.4, -0.2) is 24.4 Å². The first-order valence-corrected chi connectivity index (χ1v) is 11.2. The lowest BCUT2D eigenvalue weighted by molar-refractivity contribution is -0.115. The number of nitrogens with one attached hydrogen (secondary N) is 3. The zero-order valence-corrected chi connectivity index (χ0v) is 17.8. The summed E-state index contributed by atoms with van der Waals surface area (Å²) in [7, 11) is 0. The molecule has 1 atom stereocenters. The molecule has 2 fully saturated rings. The van der Waals surface area contributed by atoms with Crippen LogP contribution in [0.25, 0.3) is 0 Å². The predicted molar refractivity (Wildman–Crippen MR) is 120 cm³/mol. The highest BCUT2D eigenvalue weighted by Gasteiger charge is 2.32. The minimum atomic E-state index is -0.157. The molecule has 30 heavy (non-hydrogen) atoms. The molecule has 0 saturated heterocycles. The van der Waals surface area contributed by atoms with Gasteiger partial charge in [0, 0.05) is 17.1 Å². The molecule has 1 unspecified atom stereocenters. The summed E-state index contributed by atoms with van der Waals surface area (Å²) in [6.07, 6.45) is 6.68. The van der Waals surface area contributed by atoms with Crippen molar-refractivity contribution < 1.29 is 9.59 Å². The molecule has 158 valence electrons. The fourth-order valence-electron chi connectivity index (χ4n) is 4.18. The molecular weight excluding hydrogens is 398 g/mol. The van der Waals surface area contributed by atoms with Gasteiger partial charge in [0.25, 0.3) is 5.91 Å². The lowest BCUT2D eigenvalue weighted by Crippen LogP contribution is -2.35. The van der Waals surface area contributed by atoms with Crippen molar-refractivity contribution in [3.8, 4) is 0 Å². The molecule has 2 aliphatic carbocycles. The zero-order chi connectivity index (χ0) is 20.9. The minimum absolute atomic E-state index is 0.122. The summed E-state index contributed by atoms with van der Waals surface area (Å²) in [6, 6.07) is 15.3. The lowest BCUT2D eigenvalue weighted by atomic mass is 10.0. The number of hydrogen-bond donors (Lipinski definition) is 3. The van der Waals surface area contributed by atoms with E-state index in [0.717, 1.165) is 44.1 Å².